The highest BCUT2D eigenvalue weighted by Crippen LogP contribution is 2.19. The maximum absolute atomic E-state index is 12.2. The van der Waals surface area contributed by atoms with Gasteiger partial charge in [0.2, 0.25) is 0 Å². The van der Waals surface area contributed by atoms with Gasteiger partial charge < -0.3 is 4.74 Å². The molecule has 0 fully saturated rings. The van der Waals surface area contributed by atoms with Crippen LogP contribution in [-0.4, -0.2) is 24.5 Å². The molecule has 1 unspecified atom stereocenters. The fraction of sp³-hybridized carbons (Fsp3) is 0.333. The minimum Gasteiger partial charge on any atom is -0.384 e. The number of hydrogen-bond acceptors (Lipinski definition) is 3. The number of nitrogens with zero attached hydrogens (tertiary/aromatic N) is 1. The first-order valence-corrected chi connectivity index (χ1v) is 6.07. The molecule has 1 aromatic carbocycles. The Kier molecular flexibility index (Phi) is 4.05. The molecular weight excluding hydrogens is 226 g/mol. The molecule has 0 saturated heterocycles. The molecule has 0 amide bonds. The Hall–Kier alpha value is -1.74. The van der Waals surface area contributed by atoms with E-state index in [1.807, 2.05) is 31.2 Å². The fourth-order valence-corrected chi connectivity index (χ4v) is 2.11. The van der Waals surface area contributed by atoms with Gasteiger partial charge in [-0.1, -0.05) is 31.2 Å². The monoisotopic (exact) mass is 243 g/mol. The standard InChI is InChI=1S/C15H17NO2/c1-11(10-18-2)7-15(17)14-9-16-8-12-5-3-4-6-13(12)14/h3-6,8-9,11H,7,10H2,1-2H3. The van der Waals surface area contributed by atoms with Gasteiger partial charge in [0.05, 0.1) is 0 Å². The van der Waals surface area contributed by atoms with Crippen molar-refractivity contribution in [2.75, 3.05) is 13.7 Å². The molecule has 18 heavy (non-hydrogen) atoms. The third kappa shape index (κ3) is 2.74. The summed E-state index contributed by atoms with van der Waals surface area (Å²) < 4.78 is 5.06. The van der Waals surface area contributed by atoms with Crippen molar-refractivity contribution in [2.24, 2.45) is 5.92 Å². The van der Waals surface area contributed by atoms with E-state index in [2.05, 4.69) is 4.98 Å². The highest BCUT2D eigenvalue weighted by atomic mass is 16.5. The van der Waals surface area contributed by atoms with Gasteiger partial charge in [0.1, 0.15) is 0 Å². The van der Waals surface area contributed by atoms with Crippen LogP contribution in [0.3, 0.4) is 0 Å². The van der Waals surface area contributed by atoms with Gasteiger partial charge in [-0.25, -0.2) is 0 Å². The number of hydrogen-bond donors (Lipinski definition) is 0. The molecule has 0 radical (unpaired) electrons. The third-order valence-electron chi connectivity index (χ3n) is 2.95. The zero-order chi connectivity index (χ0) is 13.0. The van der Waals surface area contributed by atoms with Crippen molar-refractivity contribution in [3.8, 4) is 0 Å². The van der Waals surface area contributed by atoms with Crippen LogP contribution in [0.2, 0.25) is 0 Å². The SMILES string of the molecule is COCC(C)CC(=O)c1cncc2ccccc12. The smallest absolute Gasteiger partial charge is 0.165 e. The van der Waals surface area contributed by atoms with Crippen molar-refractivity contribution < 1.29 is 9.53 Å². The molecule has 0 aliphatic rings. The third-order valence-corrected chi connectivity index (χ3v) is 2.95. The van der Waals surface area contributed by atoms with Crippen molar-refractivity contribution in [1.29, 1.82) is 0 Å². The van der Waals surface area contributed by atoms with Gasteiger partial charge in [0.15, 0.2) is 5.78 Å². The van der Waals surface area contributed by atoms with Gasteiger partial charge in [0, 0.05) is 43.5 Å². The van der Waals surface area contributed by atoms with E-state index in [1.165, 1.54) is 0 Å². The zero-order valence-electron chi connectivity index (χ0n) is 10.7. The van der Waals surface area contributed by atoms with E-state index in [0.717, 1.165) is 10.8 Å². The van der Waals surface area contributed by atoms with Gasteiger partial charge in [-0.2, -0.15) is 0 Å². The summed E-state index contributed by atoms with van der Waals surface area (Å²) >= 11 is 0. The Balaban J connectivity index is 2.28. The fourth-order valence-electron chi connectivity index (χ4n) is 2.11. The summed E-state index contributed by atoms with van der Waals surface area (Å²) in [6, 6.07) is 7.83. The number of ketones is 1. The number of Topliss-reactive ketones (excluding diaryl/α,β-unsaturated/α-hetero) is 1. The molecular formula is C15H17NO2. The van der Waals surface area contributed by atoms with Crippen LogP contribution in [0.4, 0.5) is 0 Å². The van der Waals surface area contributed by atoms with Crippen LogP contribution in [-0.2, 0) is 4.74 Å². The van der Waals surface area contributed by atoms with Gasteiger partial charge >= 0.3 is 0 Å². The summed E-state index contributed by atoms with van der Waals surface area (Å²) in [6.07, 6.45) is 3.93. The lowest BCUT2D eigenvalue weighted by Gasteiger charge is -2.10. The molecule has 0 aliphatic heterocycles. The van der Waals surface area contributed by atoms with Crippen molar-refractivity contribution >= 4 is 16.6 Å². The lowest BCUT2D eigenvalue weighted by Crippen LogP contribution is -2.11. The van der Waals surface area contributed by atoms with Crippen LogP contribution in [0.1, 0.15) is 23.7 Å². The van der Waals surface area contributed by atoms with E-state index in [4.69, 9.17) is 4.74 Å². The summed E-state index contributed by atoms with van der Waals surface area (Å²) in [5, 5.41) is 1.98. The quantitative estimate of drug-likeness (QED) is 0.757. The Bertz CT molecular complexity index is 546. The van der Waals surface area contributed by atoms with Crippen LogP contribution >= 0.6 is 0 Å². The first-order chi connectivity index (χ1) is 8.72. The first kappa shape index (κ1) is 12.7. The summed E-state index contributed by atoms with van der Waals surface area (Å²) in [4.78, 5) is 16.4. The molecule has 0 bridgehead atoms. The molecule has 2 aromatic rings. The Morgan fingerprint density at radius 2 is 2.11 bits per heavy atom. The maximum atomic E-state index is 12.2. The number of ether oxygens (including phenoxy) is 1. The summed E-state index contributed by atoms with van der Waals surface area (Å²) in [5.74, 6) is 0.352. The molecule has 94 valence electrons. The highest BCUT2D eigenvalue weighted by Gasteiger charge is 2.14. The lowest BCUT2D eigenvalue weighted by atomic mass is 9.98. The van der Waals surface area contributed by atoms with E-state index in [9.17, 15) is 4.79 Å². The van der Waals surface area contributed by atoms with Crippen molar-refractivity contribution in [3.63, 3.8) is 0 Å². The van der Waals surface area contributed by atoms with Crippen LogP contribution in [0.15, 0.2) is 36.7 Å². The second-order valence-electron chi connectivity index (χ2n) is 4.60. The van der Waals surface area contributed by atoms with Gasteiger partial charge in [-0.05, 0) is 11.3 Å². The molecule has 1 aromatic heterocycles. The topological polar surface area (TPSA) is 39.2 Å². The number of rotatable bonds is 5. The Morgan fingerprint density at radius 1 is 1.33 bits per heavy atom. The van der Waals surface area contributed by atoms with E-state index >= 15 is 0 Å². The van der Waals surface area contributed by atoms with E-state index < -0.39 is 0 Å². The minimum absolute atomic E-state index is 0.129. The molecule has 1 atom stereocenters. The van der Waals surface area contributed by atoms with Crippen molar-refractivity contribution in [3.05, 3.63) is 42.2 Å². The molecule has 0 saturated carbocycles. The predicted octanol–water partition coefficient (Wildman–Crippen LogP) is 3.09. The van der Waals surface area contributed by atoms with E-state index in [-0.39, 0.29) is 11.7 Å². The van der Waals surface area contributed by atoms with E-state index in [1.54, 1.807) is 19.5 Å². The van der Waals surface area contributed by atoms with Gasteiger partial charge in [-0.15, -0.1) is 0 Å². The van der Waals surface area contributed by atoms with Crippen LogP contribution in [0.25, 0.3) is 10.8 Å². The maximum Gasteiger partial charge on any atom is 0.165 e. The van der Waals surface area contributed by atoms with Crippen LogP contribution in [0, 0.1) is 5.92 Å². The first-order valence-electron chi connectivity index (χ1n) is 6.07. The van der Waals surface area contributed by atoms with Crippen LogP contribution < -0.4 is 0 Å². The Labute approximate surface area is 107 Å². The van der Waals surface area contributed by atoms with Crippen molar-refractivity contribution in [1.82, 2.24) is 4.98 Å². The zero-order valence-corrected chi connectivity index (χ0v) is 10.7. The normalized spacial score (nSPS) is 12.6. The van der Waals surface area contributed by atoms with Gasteiger partial charge in [-0.3, -0.25) is 9.78 Å². The number of aromatic nitrogens is 1. The van der Waals surface area contributed by atoms with E-state index in [0.29, 0.717) is 18.6 Å². The summed E-state index contributed by atoms with van der Waals surface area (Å²) in [6.45, 7) is 2.61. The molecule has 2 rings (SSSR count). The Morgan fingerprint density at radius 3 is 2.89 bits per heavy atom. The lowest BCUT2D eigenvalue weighted by molar-refractivity contribution is 0.0921. The number of carbonyl (C=O) groups is 1. The molecule has 0 aliphatic carbocycles. The minimum atomic E-state index is 0.129. The summed E-state index contributed by atoms with van der Waals surface area (Å²) in [5.41, 5.74) is 0.705. The number of methoxy groups -OCH3 is 1. The van der Waals surface area contributed by atoms with Crippen LogP contribution in [0.5, 0.6) is 0 Å². The highest BCUT2D eigenvalue weighted by molar-refractivity contribution is 6.07. The molecule has 3 heteroatoms. The second-order valence-corrected chi connectivity index (χ2v) is 4.60. The summed E-state index contributed by atoms with van der Waals surface area (Å²) in [7, 11) is 1.65. The molecule has 1 heterocycles. The molecule has 0 spiro atoms. The number of fused-ring (bicyclic) bond motifs is 1. The number of carbonyl (C=O) groups excluding carboxylic acids is 1. The predicted molar refractivity (Wildman–Crippen MR) is 71.7 cm³/mol. The average Bonchev–Trinajstić information content (AvgIpc) is 2.38. The number of benzene rings is 1. The molecule has 3 nitrogen and oxygen atoms in total. The molecule has 0 N–H and O–H groups in total. The largest absolute Gasteiger partial charge is 0.384 e. The number of pyridine rings is 1. The average molecular weight is 243 g/mol. The van der Waals surface area contributed by atoms with Crippen molar-refractivity contribution in [2.45, 2.75) is 13.3 Å². The second kappa shape index (κ2) is 5.74. The van der Waals surface area contributed by atoms with Gasteiger partial charge in [0.25, 0.3) is 0 Å².